The number of hydrogen-bond donors (Lipinski definition) is 0. The molecule has 0 heterocycles. The number of unbranched alkanes of at least 4 members (excludes halogenated alkanes) is 1. The standard InChI is InChI=1S/C8H16O.ClH/c1-3-5-6-8(4-2)7-9;/h7-8H,3-6H2,1-2H3;1H/p-1. The van der Waals surface area contributed by atoms with E-state index < -0.39 is 0 Å². The molecule has 0 saturated heterocycles. The summed E-state index contributed by atoms with van der Waals surface area (Å²) in [5.74, 6) is 0.324. The van der Waals surface area contributed by atoms with Crippen LogP contribution in [0.2, 0.25) is 0 Å². The van der Waals surface area contributed by atoms with Crippen molar-refractivity contribution in [2.45, 2.75) is 39.5 Å². The summed E-state index contributed by atoms with van der Waals surface area (Å²) in [6.45, 7) is 4.21. The average molecular weight is 164 g/mol. The SMILES string of the molecule is CCCCC(C=O)CC.[Cl-]. The normalized spacial score (nSPS) is 11.8. The molecule has 0 spiro atoms. The molecule has 62 valence electrons. The van der Waals surface area contributed by atoms with E-state index >= 15 is 0 Å². The first-order chi connectivity index (χ1) is 4.35. The highest BCUT2D eigenvalue weighted by Gasteiger charge is 2.01. The third-order valence-electron chi connectivity index (χ3n) is 1.65. The summed E-state index contributed by atoms with van der Waals surface area (Å²) < 4.78 is 0. The van der Waals surface area contributed by atoms with Crippen LogP contribution in [0, 0.1) is 5.92 Å². The van der Waals surface area contributed by atoms with E-state index in [1.54, 1.807) is 0 Å². The predicted molar refractivity (Wildman–Crippen MR) is 39.4 cm³/mol. The van der Waals surface area contributed by atoms with Crippen molar-refractivity contribution in [3.8, 4) is 0 Å². The van der Waals surface area contributed by atoms with Gasteiger partial charge in [-0.2, -0.15) is 0 Å². The van der Waals surface area contributed by atoms with E-state index in [2.05, 4.69) is 13.8 Å². The molecule has 0 radical (unpaired) electrons. The highest BCUT2D eigenvalue weighted by molar-refractivity contribution is 5.53. The monoisotopic (exact) mass is 163 g/mol. The van der Waals surface area contributed by atoms with Crippen LogP contribution in [-0.4, -0.2) is 6.29 Å². The van der Waals surface area contributed by atoms with E-state index in [-0.39, 0.29) is 12.4 Å². The topological polar surface area (TPSA) is 17.1 Å². The molecule has 0 aromatic rings. The summed E-state index contributed by atoms with van der Waals surface area (Å²) in [7, 11) is 0. The van der Waals surface area contributed by atoms with Gasteiger partial charge in [-0.15, -0.1) is 0 Å². The molecule has 0 fully saturated rings. The third-order valence-corrected chi connectivity index (χ3v) is 1.65. The van der Waals surface area contributed by atoms with Crippen LogP contribution in [0.25, 0.3) is 0 Å². The minimum absolute atomic E-state index is 0. The van der Waals surface area contributed by atoms with E-state index in [4.69, 9.17) is 0 Å². The van der Waals surface area contributed by atoms with Crippen LogP contribution in [0.3, 0.4) is 0 Å². The lowest BCUT2D eigenvalue weighted by Crippen LogP contribution is -3.00. The molecule has 1 unspecified atom stereocenters. The van der Waals surface area contributed by atoms with Crippen LogP contribution in [0.5, 0.6) is 0 Å². The van der Waals surface area contributed by atoms with Crippen molar-refractivity contribution in [2.75, 3.05) is 0 Å². The molecular formula is C8H16ClO-. The molecule has 0 rings (SSSR count). The van der Waals surface area contributed by atoms with Gasteiger partial charge in [0.15, 0.2) is 0 Å². The van der Waals surface area contributed by atoms with Crippen molar-refractivity contribution >= 4 is 6.29 Å². The molecule has 0 N–H and O–H groups in total. The van der Waals surface area contributed by atoms with Crippen molar-refractivity contribution in [1.29, 1.82) is 0 Å². The van der Waals surface area contributed by atoms with Crippen molar-refractivity contribution in [3.05, 3.63) is 0 Å². The number of carbonyl (C=O) groups excluding carboxylic acids is 1. The number of halogens is 1. The summed E-state index contributed by atoms with van der Waals surface area (Å²) in [6.07, 6.45) is 5.55. The van der Waals surface area contributed by atoms with Gasteiger partial charge in [-0.3, -0.25) is 0 Å². The minimum Gasteiger partial charge on any atom is -1.00 e. The van der Waals surface area contributed by atoms with Crippen LogP contribution >= 0.6 is 0 Å². The molecule has 0 saturated carbocycles. The average Bonchev–Trinajstić information content (AvgIpc) is 1.91. The van der Waals surface area contributed by atoms with E-state index in [1.165, 1.54) is 12.8 Å². The fourth-order valence-corrected chi connectivity index (χ4v) is 0.835. The Balaban J connectivity index is 0. The first-order valence-corrected chi connectivity index (χ1v) is 3.80. The fraction of sp³-hybridized carbons (Fsp3) is 0.875. The lowest BCUT2D eigenvalue weighted by molar-refractivity contribution is -0.111. The highest BCUT2D eigenvalue weighted by atomic mass is 35.5. The molecular weight excluding hydrogens is 148 g/mol. The Labute approximate surface area is 69.6 Å². The molecule has 10 heavy (non-hydrogen) atoms. The van der Waals surface area contributed by atoms with Gasteiger partial charge in [0, 0.05) is 5.92 Å². The lowest BCUT2D eigenvalue weighted by Gasteiger charge is -2.03. The Morgan fingerprint density at radius 3 is 2.30 bits per heavy atom. The van der Waals surface area contributed by atoms with Crippen LogP contribution in [0.4, 0.5) is 0 Å². The first kappa shape index (κ1) is 12.6. The highest BCUT2D eigenvalue weighted by Crippen LogP contribution is 2.08. The van der Waals surface area contributed by atoms with Crippen LogP contribution in [0.1, 0.15) is 39.5 Å². The number of carbonyl (C=O) groups is 1. The first-order valence-electron chi connectivity index (χ1n) is 3.80. The van der Waals surface area contributed by atoms with Crippen molar-refractivity contribution < 1.29 is 17.2 Å². The molecule has 0 aliphatic rings. The molecule has 0 amide bonds. The largest absolute Gasteiger partial charge is 1.00 e. The number of aldehydes is 1. The summed E-state index contributed by atoms with van der Waals surface area (Å²) in [5, 5.41) is 0. The zero-order valence-electron chi connectivity index (χ0n) is 6.77. The van der Waals surface area contributed by atoms with Gasteiger partial charge in [-0.05, 0) is 12.8 Å². The van der Waals surface area contributed by atoms with Crippen LogP contribution in [-0.2, 0) is 4.79 Å². The zero-order valence-corrected chi connectivity index (χ0v) is 7.53. The van der Waals surface area contributed by atoms with Gasteiger partial charge in [0.25, 0.3) is 0 Å². The second kappa shape index (κ2) is 8.96. The second-order valence-corrected chi connectivity index (χ2v) is 2.45. The van der Waals surface area contributed by atoms with Crippen molar-refractivity contribution in [1.82, 2.24) is 0 Å². The number of rotatable bonds is 5. The van der Waals surface area contributed by atoms with Gasteiger partial charge in [-0.1, -0.05) is 26.7 Å². The smallest absolute Gasteiger partial charge is 0.123 e. The third kappa shape index (κ3) is 6.09. The zero-order chi connectivity index (χ0) is 7.11. The maximum Gasteiger partial charge on any atom is 0.123 e. The van der Waals surface area contributed by atoms with Crippen molar-refractivity contribution in [2.24, 2.45) is 5.92 Å². The van der Waals surface area contributed by atoms with E-state index in [0.717, 1.165) is 19.1 Å². The van der Waals surface area contributed by atoms with Gasteiger partial charge in [0.05, 0.1) is 0 Å². The van der Waals surface area contributed by atoms with Crippen molar-refractivity contribution in [3.63, 3.8) is 0 Å². The van der Waals surface area contributed by atoms with Crippen LogP contribution in [0.15, 0.2) is 0 Å². The van der Waals surface area contributed by atoms with Gasteiger partial charge in [0.2, 0.25) is 0 Å². The summed E-state index contributed by atoms with van der Waals surface area (Å²) >= 11 is 0. The van der Waals surface area contributed by atoms with Crippen LogP contribution < -0.4 is 12.4 Å². The van der Waals surface area contributed by atoms with E-state index in [9.17, 15) is 4.79 Å². The molecule has 0 aromatic carbocycles. The minimum atomic E-state index is 0. The van der Waals surface area contributed by atoms with Gasteiger partial charge < -0.3 is 17.2 Å². The predicted octanol–water partition coefficient (Wildman–Crippen LogP) is -0.594. The summed E-state index contributed by atoms with van der Waals surface area (Å²) in [4.78, 5) is 10.2. The Morgan fingerprint density at radius 2 is 2.00 bits per heavy atom. The molecule has 1 atom stereocenters. The molecule has 2 heteroatoms. The summed E-state index contributed by atoms with van der Waals surface area (Å²) in [5.41, 5.74) is 0. The van der Waals surface area contributed by atoms with Gasteiger partial charge in [-0.25, -0.2) is 0 Å². The molecule has 0 aromatic heterocycles. The summed E-state index contributed by atoms with van der Waals surface area (Å²) in [6, 6.07) is 0. The van der Waals surface area contributed by atoms with Gasteiger partial charge in [0.1, 0.15) is 6.29 Å². The molecule has 0 aliphatic heterocycles. The van der Waals surface area contributed by atoms with E-state index in [1.807, 2.05) is 0 Å². The molecule has 0 aliphatic carbocycles. The maximum atomic E-state index is 10.2. The Kier molecular flexibility index (Phi) is 11.3. The van der Waals surface area contributed by atoms with E-state index in [0.29, 0.717) is 5.92 Å². The Bertz CT molecular complexity index is 73.7. The number of hydrogen-bond acceptors (Lipinski definition) is 1. The fourth-order valence-electron chi connectivity index (χ4n) is 0.835. The molecule has 1 nitrogen and oxygen atoms in total. The quantitative estimate of drug-likeness (QED) is 0.495. The second-order valence-electron chi connectivity index (χ2n) is 2.45. The van der Waals surface area contributed by atoms with Gasteiger partial charge >= 0.3 is 0 Å². The Hall–Kier alpha value is -0.0400. The molecule has 0 bridgehead atoms. The maximum absolute atomic E-state index is 10.2. The Morgan fingerprint density at radius 1 is 1.40 bits per heavy atom. The lowest BCUT2D eigenvalue weighted by atomic mass is 10.0.